The van der Waals surface area contributed by atoms with Crippen molar-refractivity contribution in [2.24, 2.45) is 0 Å². The van der Waals surface area contributed by atoms with Crippen molar-refractivity contribution in [2.75, 3.05) is 0 Å². The Balaban J connectivity index is 1.32. The Kier molecular flexibility index (Phi) is 5.66. The van der Waals surface area contributed by atoms with Gasteiger partial charge in [-0.05, 0) is 67.5 Å². The van der Waals surface area contributed by atoms with E-state index in [0.29, 0.717) is 5.82 Å². The van der Waals surface area contributed by atoms with E-state index in [0.717, 1.165) is 60.4 Å². The molecule has 0 atom stereocenters. The first kappa shape index (κ1) is 25.4. The van der Waals surface area contributed by atoms with Crippen LogP contribution in [-0.2, 0) is 0 Å². The molecule has 9 aromatic rings. The Morgan fingerprint density at radius 2 is 0.956 bits per heavy atom. The molecular weight excluding hydrogens is 548 g/mol. The number of aromatic nitrogens is 2. The molecule has 0 aliphatic rings. The molecule has 1 aromatic heterocycles. The molecule has 8 aromatic carbocycles. The predicted molar refractivity (Wildman–Crippen MR) is 188 cm³/mol. The molecule has 0 unspecified atom stereocenters. The number of benzene rings is 8. The number of fused-ring (bicyclic) bond motifs is 9. The highest BCUT2D eigenvalue weighted by Gasteiger charge is 2.16. The molecule has 1 N–H and O–H groups in total. The average Bonchev–Trinajstić information content (AvgIpc) is 3.11. The first-order chi connectivity index (χ1) is 22.2. The maximum atomic E-state index is 10.6. The summed E-state index contributed by atoms with van der Waals surface area (Å²) in [6.07, 6.45) is 0. The zero-order chi connectivity index (χ0) is 29.9. The number of phenols is 1. The van der Waals surface area contributed by atoms with Crippen molar-refractivity contribution in [3.05, 3.63) is 152 Å². The summed E-state index contributed by atoms with van der Waals surface area (Å²) in [5.41, 5.74) is 5.75. The summed E-state index contributed by atoms with van der Waals surface area (Å²) in [6, 6.07) is 52.3. The van der Waals surface area contributed by atoms with E-state index in [9.17, 15) is 5.11 Å². The van der Waals surface area contributed by atoms with E-state index in [4.69, 9.17) is 9.97 Å². The van der Waals surface area contributed by atoms with Crippen molar-refractivity contribution in [1.29, 1.82) is 0 Å². The van der Waals surface area contributed by atoms with E-state index in [-0.39, 0.29) is 5.75 Å². The van der Waals surface area contributed by atoms with E-state index < -0.39 is 0 Å². The molecule has 0 aliphatic heterocycles. The Labute approximate surface area is 259 Å². The molecule has 0 saturated carbocycles. The number of para-hydroxylation sites is 1. The number of phenolic OH excluding ortho intramolecular Hbond substituents is 1. The number of nitrogens with zero attached hydrogens (tertiary/aromatic N) is 2. The van der Waals surface area contributed by atoms with Gasteiger partial charge in [0.05, 0.1) is 11.2 Å². The zero-order valence-corrected chi connectivity index (χ0v) is 24.3. The van der Waals surface area contributed by atoms with Gasteiger partial charge < -0.3 is 5.11 Å². The van der Waals surface area contributed by atoms with Gasteiger partial charge in [0.25, 0.3) is 0 Å². The standard InChI is InChI=1S/C42H26N2O/c45-39-17-9-8-13-30(39)28-19-21-34-35-22-20-29(25-38(35)33-16-7-6-15-32(33)37(34)24-28)42-43-40(27-11-2-1-3-12-27)36-23-18-26-10-4-5-14-31(26)41(36)44-42/h1-25,45H. The quantitative estimate of drug-likeness (QED) is 0.214. The summed E-state index contributed by atoms with van der Waals surface area (Å²) in [4.78, 5) is 10.4. The van der Waals surface area contributed by atoms with Gasteiger partial charge in [-0.3, -0.25) is 0 Å². The third-order valence-corrected chi connectivity index (χ3v) is 8.95. The van der Waals surface area contributed by atoms with Gasteiger partial charge in [0.1, 0.15) is 5.75 Å². The Hall–Kier alpha value is -6.06. The lowest BCUT2D eigenvalue weighted by Gasteiger charge is -2.14. The first-order valence-electron chi connectivity index (χ1n) is 15.1. The minimum atomic E-state index is 0.282. The van der Waals surface area contributed by atoms with Gasteiger partial charge in [-0.25, -0.2) is 9.97 Å². The lowest BCUT2D eigenvalue weighted by atomic mass is 9.91. The van der Waals surface area contributed by atoms with Crippen LogP contribution in [0.25, 0.3) is 87.8 Å². The third kappa shape index (κ3) is 4.05. The molecule has 0 fully saturated rings. The van der Waals surface area contributed by atoms with Crippen LogP contribution in [0.3, 0.4) is 0 Å². The molecular formula is C42H26N2O. The van der Waals surface area contributed by atoms with Gasteiger partial charge in [-0.15, -0.1) is 0 Å². The highest BCUT2D eigenvalue weighted by molar-refractivity contribution is 6.26. The monoisotopic (exact) mass is 574 g/mol. The Morgan fingerprint density at radius 3 is 1.71 bits per heavy atom. The van der Waals surface area contributed by atoms with E-state index in [1.165, 1.54) is 21.5 Å². The first-order valence-corrected chi connectivity index (χ1v) is 15.1. The SMILES string of the molecule is Oc1ccccc1-c1ccc2c3ccc(-c4nc(-c5ccccc5)c5ccc6ccccc6c5n4)cc3c3ccccc3c2c1. The minimum absolute atomic E-state index is 0.282. The van der Waals surface area contributed by atoms with Crippen molar-refractivity contribution in [1.82, 2.24) is 9.97 Å². The number of hydrogen-bond acceptors (Lipinski definition) is 3. The summed E-state index contributed by atoms with van der Waals surface area (Å²) < 4.78 is 0. The summed E-state index contributed by atoms with van der Waals surface area (Å²) >= 11 is 0. The fourth-order valence-corrected chi connectivity index (χ4v) is 6.79. The van der Waals surface area contributed by atoms with Gasteiger partial charge in [-0.2, -0.15) is 0 Å². The van der Waals surface area contributed by atoms with Crippen LogP contribution in [0.1, 0.15) is 0 Å². The second-order valence-electron chi connectivity index (χ2n) is 11.5. The average molecular weight is 575 g/mol. The van der Waals surface area contributed by atoms with Crippen LogP contribution in [0.4, 0.5) is 0 Å². The third-order valence-electron chi connectivity index (χ3n) is 8.95. The number of rotatable bonds is 3. The molecule has 0 saturated heterocycles. The molecule has 0 aliphatic carbocycles. The zero-order valence-electron chi connectivity index (χ0n) is 24.3. The summed E-state index contributed by atoms with van der Waals surface area (Å²) in [6.45, 7) is 0. The van der Waals surface area contributed by atoms with E-state index in [1.54, 1.807) is 6.07 Å². The summed E-state index contributed by atoms with van der Waals surface area (Å²) in [7, 11) is 0. The lowest BCUT2D eigenvalue weighted by Crippen LogP contribution is -1.96. The van der Waals surface area contributed by atoms with Crippen LogP contribution in [-0.4, -0.2) is 15.1 Å². The van der Waals surface area contributed by atoms with Gasteiger partial charge in [0, 0.05) is 27.5 Å². The Morgan fingerprint density at radius 1 is 0.378 bits per heavy atom. The normalized spacial score (nSPS) is 11.6. The van der Waals surface area contributed by atoms with Gasteiger partial charge >= 0.3 is 0 Å². The molecule has 0 spiro atoms. The molecule has 3 nitrogen and oxygen atoms in total. The second kappa shape index (κ2) is 10.0. The van der Waals surface area contributed by atoms with E-state index in [2.05, 4.69) is 121 Å². The van der Waals surface area contributed by atoms with Crippen LogP contribution < -0.4 is 0 Å². The van der Waals surface area contributed by atoms with Crippen molar-refractivity contribution in [3.63, 3.8) is 0 Å². The highest BCUT2D eigenvalue weighted by atomic mass is 16.3. The molecule has 0 radical (unpaired) electrons. The largest absolute Gasteiger partial charge is 0.507 e. The van der Waals surface area contributed by atoms with E-state index >= 15 is 0 Å². The second-order valence-corrected chi connectivity index (χ2v) is 11.5. The van der Waals surface area contributed by atoms with Crippen LogP contribution in [0.2, 0.25) is 0 Å². The summed E-state index contributed by atoms with van der Waals surface area (Å²) in [5.74, 6) is 0.989. The molecule has 210 valence electrons. The topological polar surface area (TPSA) is 46.0 Å². The van der Waals surface area contributed by atoms with Crippen LogP contribution in [0, 0.1) is 0 Å². The van der Waals surface area contributed by atoms with Crippen LogP contribution in [0.5, 0.6) is 5.75 Å². The molecule has 3 heteroatoms. The van der Waals surface area contributed by atoms with Crippen molar-refractivity contribution >= 4 is 54.0 Å². The maximum Gasteiger partial charge on any atom is 0.160 e. The van der Waals surface area contributed by atoms with Gasteiger partial charge in [-0.1, -0.05) is 127 Å². The van der Waals surface area contributed by atoms with E-state index in [1.807, 2.05) is 24.3 Å². The highest BCUT2D eigenvalue weighted by Crippen LogP contribution is 2.40. The van der Waals surface area contributed by atoms with Crippen molar-refractivity contribution in [3.8, 4) is 39.5 Å². The molecule has 0 bridgehead atoms. The fourth-order valence-electron chi connectivity index (χ4n) is 6.79. The van der Waals surface area contributed by atoms with Crippen LogP contribution >= 0.6 is 0 Å². The predicted octanol–water partition coefficient (Wildman–Crippen LogP) is 10.9. The molecule has 45 heavy (non-hydrogen) atoms. The Bertz CT molecular complexity index is 2590. The molecule has 1 heterocycles. The minimum Gasteiger partial charge on any atom is -0.507 e. The fraction of sp³-hybridized carbons (Fsp3) is 0. The summed E-state index contributed by atoms with van der Waals surface area (Å²) in [5, 5.41) is 20.9. The molecule has 0 amide bonds. The smallest absolute Gasteiger partial charge is 0.160 e. The lowest BCUT2D eigenvalue weighted by molar-refractivity contribution is 0.477. The molecule has 9 rings (SSSR count). The van der Waals surface area contributed by atoms with Crippen molar-refractivity contribution in [2.45, 2.75) is 0 Å². The maximum absolute atomic E-state index is 10.6. The van der Waals surface area contributed by atoms with Gasteiger partial charge in [0.15, 0.2) is 5.82 Å². The van der Waals surface area contributed by atoms with Crippen LogP contribution in [0.15, 0.2) is 152 Å². The van der Waals surface area contributed by atoms with Gasteiger partial charge in [0.2, 0.25) is 0 Å². The number of hydrogen-bond donors (Lipinski definition) is 1. The van der Waals surface area contributed by atoms with Crippen molar-refractivity contribution < 1.29 is 5.11 Å². The number of aromatic hydroxyl groups is 1.